The molecule has 0 saturated carbocycles. The number of nitrogens with zero attached hydrogens (tertiary/aromatic N) is 3. The predicted octanol–water partition coefficient (Wildman–Crippen LogP) is 1.41. The molecule has 1 aliphatic rings. The minimum Gasteiger partial charge on any atom is -0.335 e. The lowest BCUT2D eigenvalue weighted by atomic mass is 9.95. The first kappa shape index (κ1) is 15.5. The van der Waals surface area contributed by atoms with E-state index in [4.69, 9.17) is 5.73 Å². The number of aryl methyl sites for hydroxylation is 1. The van der Waals surface area contributed by atoms with Crippen LogP contribution in [0.4, 0.5) is 0 Å². The molecule has 1 saturated heterocycles. The Morgan fingerprint density at radius 2 is 1.95 bits per heavy atom. The van der Waals surface area contributed by atoms with Crippen molar-refractivity contribution in [2.24, 2.45) is 12.8 Å². The molecule has 1 amide bonds. The quantitative estimate of drug-likeness (QED) is 0.912. The first-order valence-corrected chi connectivity index (χ1v) is 6.74. The molecule has 3 rings (SSSR count). The Hall–Kier alpha value is -1.85. The van der Waals surface area contributed by atoms with Crippen LogP contribution in [0.3, 0.4) is 0 Å². The third-order valence-corrected chi connectivity index (χ3v) is 3.92. The number of hydrogen-bond acceptors (Lipinski definition) is 3. The number of aromatic nitrogens is 2. The molecule has 1 fully saturated rings. The number of carbonyl (C=O) groups excluding carboxylic acids is 1. The number of halogens is 1. The molecule has 2 atom stereocenters. The van der Waals surface area contributed by atoms with Gasteiger partial charge in [0.15, 0.2) is 0 Å². The number of hydrogen-bond donors (Lipinski definition) is 1. The monoisotopic (exact) mass is 306 g/mol. The zero-order valence-electron chi connectivity index (χ0n) is 11.8. The second kappa shape index (κ2) is 6.28. The fourth-order valence-electron chi connectivity index (χ4n) is 2.79. The van der Waals surface area contributed by atoms with Gasteiger partial charge in [0.25, 0.3) is 5.91 Å². The largest absolute Gasteiger partial charge is 0.335 e. The van der Waals surface area contributed by atoms with Crippen LogP contribution in [0, 0.1) is 0 Å². The van der Waals surface area contributed by atoms with Gasteiger partial charge in [0, 0.05) is 38.3 Å². The summed E-state index contributed by atoms with van der Waals surface area (Å²) in [6, 6.07) is 11.9. The summed E-state index contributed by atoms with van der Waals surface area (Å²) in [6.07, 6.45) is 1.64. The molecule has 0 spiro atoms. The molecule has 2 aromatic rings. The van der Waals surface area contributed by atoms with Crippen LogP contribution in [-0.2, 0) is 7.05 Å². The predicted molar refractivity (Wildman–Crippen MR) is 83.5 cm³/mol. The zero-order chi connectivity index (χ0) is 14.1. The molecule has 112 valence electrons. The summed E-state index contributed by atoms with van der Waals surface area (Å²) in [5, 5.41) is 4.04. The Bertz CT molecular complexity index is 613. The van der Waals surface area contributed by atoms with Crippen LogP contribution in [0.5, 0.6) is 0 Å². The lowest BCUT2D eigenvalue weighted by Gasteiger charge is -2.16. The van der Waals surface area contributed by atoms with E-state index in [9.17, 15) is 4.79 Å². The summed E-state index contributed by atoms with van der Waals surface area (Å²) < 4.78 is 1.60. The average molecular weight is 307 g/mol. The molecule has 1 aromatic carbocycles. The first-order chi connectivity index (χ1) is 9.66. The lowest BCUT2D eigenvalue weighted by molar-refractivity contribution is 0.0778. The van der Waals surface area contributed by atoms with Gasteiger partial charge in [-0.1, -0.05) is 30.3 Å². The van der Waals surface area contributed by atoms with Gasteiger partial charge in [-0.15, -0.1) is 12.4 Å². The van der Waals surface area contributed by atoms with E-state index < -0.39 is 0 Å². The second-order valence-electron chi connectivity index (χ2n) is 5.23. The fraction of sp³-hybridized carbons (Fsp3) is 0.333. The van der Waals surface area contributed by atoms with Crippen LogP contribution < -0.4 is 5.73 Å². The van der Waals surface area contributed by atoms with Crippen molar-refractivity contribution < 1.29 is 4.79 Å². The summed E-state index contributed by atoms with van der Waals surface area (Å²) in [7, 11) is 1.78. The van der Waals surface area contributed by atoms with Crippen LogP contribution >= 0.6 is 12.4 Å². The van der Waals surface area contributed by atoms with Gasteiger partial charge in [-0.2, -0.15) is 5.10 Å². The van der Waals surface area contributed by atoms with E-state index in [1.165, 1.54) is 5.56 Å². The molecule has 2 heterocycles. The number of carbonyl (C=O) groups is 1. The normalized spacial score (nSPS) is 21.1. The highest BCUT2D eigenvalue weighted by atomic mass is 35.5. The van der Waals surface area contributed by atoms with Gasteiger partial charge in [0.05, 0.1) is 0 Å². The SMILES string of the molecule is Cl.Cn1nccc1C(=O)N1C[C@@H](N)[C@H](c2ccccc2)C1. The molecule has 0 unspecified atom stereocenters. The minimum atomic E-state index is -0.0189. The van der Waals surface area contributed by atoms with Gasteiger partial charge in [0.1, 0.15) is 5.69 Å². The highest BCUT2D eigenvalue weighted by Gasteiger charge is 2.34. The third-order valence-electron chi connectivity index (χ3n) is 3.92. The highest BCUT2D eigenvalue weighted by Crippen LogP contribution is 2.27. The van der Waals surface area contributed by atoms with Crippen molar-refractivity contribution in [3.63, 3.8) is 0 Å². The van der Waals surface area contributed by atoms with Crippen molar-refractivity contribution in [3.05, 3.63) is 53.9 Å². The highest BCUT2D eigenvalue weighted by molar-refractivity contribution is 5.92. The molecule has 0 radical (unpaired) electrons. The number of rotatable bonds is 2. The van der Waals surface area contributed by atoms with E-state index in [-0.39, 0.29) is 30.3 Å². The molecule has 0 bridgehead atoms. The second-order valence-corrected chi connectivity index (χ2v) is 5.23. The van der Waals surface area contributed by atoms with Gasteiger partial charge in [-0.25, -0.2) is 0 Å². The Kier molecular flexibility index (Phi) is 4.65. The van der Waals surface area contributed by atoms with Crippen molar-refractivity contribution in [3.8, 4) is 0 Å². The molecule has 6 heteroatoms. The molecular formula is C15H19ClN4O. The van der Waals surface area contributed by atoms with Crippen molar-refractivity contribution in [2.45, 2.75) is 12.0 Å². The topological polar surface area (TPSA) is 64.2 Å². The standard InChI is InChI=1S/C15H18N4O.ClH/c1-18-14(7-8-17-18)15(20)19-9-12(13(16)10-19)11-5-3-2-4-6-11;/h2-8,12-13H,9-10,16H2,1H3;1H/t12-,13+;/m0./s1. The summed E-state index contributed by atoms with van der Waals surface area (Å²) in [6.45, 7) is 1.25. The number of amides is 1. The third kappa shape index (κ3) is 2.94. The van der Waals surface area contributed by atoms with Gasteiger partial charge in [0.2, 0.25) is 0 Å². The molecule has 1 aliphatic heterocycles. The van der Waals surface area contributed by atoms with Gasteiger partial charge < -0.3 is 10.6 Å². The maximum Gasteiger partial charge on any atom is 0.272 e. The van der Waals surface area contributed by atoms with Crippen LogP contribution in [0.25, 0.3) is 0 Å². The van der Waals surface area contributed by atoms with Gasteiger partial charge in [-0.05, 0) is 11.6 Å². The smallest absolute Gasteiger partial charge is 0.272 e. The van der Waals surface area contributed by atoms with E-state index in [1.54, 1.807) is 24.0 Å². The Labute approximate surface area is 130 Å². The molecule has 5 nitrogen and oxygen atoms in total. The number of likely N-dealkylation sites (tertiary alicyclic amines) is 1. The van der Waals surface area contributed by atoms with Crippen molar-refractivity contribution in [2.75, 3.05) is 13.1 Å². The Morgan fingerprint density at radius 1 is 1.24 bits per heavy atom. The summed E-state index contributed by atoms with van der Waals surface area (Å²) in [4.78, 5) is 14.3. The maximum absolute atomic E-state index is 12.5. The molecule has 1 aromatic heterocycles. The van der Waals surface area contributed by atoms with Gasteiger partial charge in [-0.3, -0.25) is 9.48 Å². The molecule has 2 N–H and O–H groups in total. The number of nitrogens with two attached hydrogens (primary N) is 1. The summed E-state index contributed by atoms with van der Waals surface area (Å²) >= 11 is 0. The van der Waals surface area contributed by atoms with Crippen molar-refractivity contribution in [1.82, 2.24) is 14.7 Å². The number of benzene rings is 1. The molecular weight excluding hydrogens is 288 g/mol. The molecule has 21 heavy (non-hydrogen) atoms. The average Bonchev–Trinajstić information content (AvgIpc) is 3.05. The van der Waals surface area contributed by atoms with Crippen LogP contribution in [0.1, 0.15) is 22.0 Å². The minimum absolute atomic E-state index is 0. The van der Waals surface area contributed by atoms with E-state index in [1.807, 2.05) is 23.1 Å². The Balaban J connectivity index is 0.00000161. The van der Waals surface area contributed by atoms with Gasteiger partial charge >= 0.3 is 0 Å². The van der Waals surface area contributed by atoms with E-state index in [0.29, 0.717) is 18.8 Å². The van der Waals surface area contributed by atoms with Crippen molar-refractivity contribution >= 4 is 18.3 Å². The first-order valence-electron chi connectivity index (χ1n) is 6.74. The fourth-order valence-corrected chi connectivity index (χ4v) is 2.79. The van der Waals surface area contributed by atoms with E-state index >= 15 is 0 Å². The maximum atomic E-state index is 12.5. The van der Waals surface area contributed by atoms with E-state index in [2.05, 4.69) is 17.2 Å². The lowest BCUT2D eigenvalue weighted by Crippen LogP contribution is -2.33. The Morgan fingerprint density at radius 3 is 2.57 bits per heavy atom. The van der Waals surface area contributed by atoms with Crippen LogP contribution in [0.2, 0.25) is 0 Å². The zero-order valence-corrected chi connectivity index (χ0v) is 12.7. The molecule has 0 aliphatic carbocycles. The van der Waals surface area contributed by atoms with Crippen LogP contribution in [-0.4, -0.2) is 39.7 Å². The summed E-state index contributed by atoms with van der Waals surface area (Å²) in [5.74, 6) is 0.201. The van der Waals surface area contributed by atoms with E-state index in [0.717, 1.165) is 0 Å². The van der Waals surface area contributed by atoms with Crippen molar-refractivity contribution in [1.29, 1.82) is 0 Å². The summed E-state index contributed by atoms with van der Waals surface area (Å²) in [5.41, 5.74) is 8.01. The van der Waals surface area contributed by atoms with Crippen LogP contribution in [0.15, 0.2) is 42.6 Å².